The van der Waals surface area contributed by atoms with E-state index in [1.54, 1.807) is 36.5 Å². The Morgan fingerprint density at radius 2 is 1.44 bits per heavy atom. The van der Waals surface area contributed by atoms with E-state index in [9.17, 15) is 29.1 Å². The molecule has 3 amide bonds. The number of aromatic amines is 1. The van der Waals surface area contributed by atoms with Gasteiger partial charge in [-0.2, -0.15) is 11.8 Å². The molecule has 0 aliphatic carbocycles. The molecule has 0 bridgehead atoms. The van der Waals surface area contributed by atoms with Crippen molar-refractivity contribution in [2.75, 3.05) is 12.0 Å². The lowest BCUT2D eigenvalue weighted by Crippen LogP contribution is -2.58. The van der Waals surface area contributed by atoms with E-state index in [0.29, 0.717) is 5.75 Å². The highest BCUT2D eigenvalue weighted by Gasteiger charge is 2.31. The molecule has 0 saturated heterocycles. The molecule has 4 unspecified atom stereocenters. The van der Waals surface area contributed by atoms with Gasteiger partial charge in [-0.3, -0.25) is 19.2 Å². The van der Waals surface area contributed by atoms with Crippen LogP contribution in [0.5, 0.6) is 0 Å². The maximum atomic E-state index is 13.6. The maximum Gasteiger partial charge on any atom is 0.326 e. The van der Waals surface area contributed by atoms with E-state index in [-0.39, 0.29) is 32.1 Å². The van der Waals surface area contributed by atoms with Crippen molar-refractivity contribution in [3.8, 4) is 0 Å². The number of carbonyl (C=O) groups excluding carboxylic acids is 3. The maximum absolute atomic E-state index is 13.6. The first kappa shape index (κ1) is 33.1. The van der Waals surface area contributed by atoms with E-state index in [4.69, 9.17) is 10.8 Å². The quantitative estimate of drug-likeness (QED) is 0.118. The van der Waals surface area contributed by atoms with Crippen LogP contribution in [0, 0.1) is 0 Å². The number of hydrogen-bond acceptors (Lipinski definition) is 7. The van der Waals surface area contributed by atoms with Crippen LogP contribution >= 0.6 is 11.8 Å². The zero-order valence-electron chi connectivity index (χ0n) is 23.7. The number of para-hydroxylation sites is 1. The van der Waals surface area contributed by atoms with Gasteiger partial charge in [-0.25, -0.2) is 4.79 Å². The molecule has 13 heteroatoms. The van der Waals surface area contributed by atoms with Crippen molar-refractivity contribution >= 4 is 52.3 Å². The lowest BCUT2D eigenvalue weighted by Gasteiger charge is -2.25. The van der Waals surface area contributed by atoms with E-state index < -0.39 is 53.8 Å². The van der Waals surface area contributed by atoms with Crippen LogP contribution < -0.4 is 21.7 Å². The molecule has 0 aliphatic rings. The minimum atomic E-state index is -1.22. The van der Waals surface area contributed by atoms with Gasteiger partial charge in [0.15, 0.2) is 0 Å². The van der Waals surface area contributed by atoms with E-state index in [2.05, 4.69) is 20.9 Å². The first-order chi connectivity index (χ1) is 20.6. The van der Waals surface area contributed by atoms with Crippen LogP contribution in [-0.4, -0.2) is 81.0 Å². The monoisotopic (exact) mass is 611 g/mol. The van der Waals surface area contributed by atoms with Crippen LogP contribution in [0.15, 0.2) is 60.8 Å². The molecular weight excluding hydrogens is 574 g/mol. The van der Waals surface area contributed by atoms with Crippen molar-refractivity contribution in [3.05, 3.63) is 71.9 Å². The molecule has 2 aromatic carbocycles. The van der Waals surface area contributed by atoms with Crippen LogP contribution in [-0.2, 0) is 36.8 Å². The Morgan fingerprint density at radius 3 is 2.12 bits per heavy atom. The number of aromatic nitrogens is 1. The molecule has 8 N–H and O–H groups in total. The SMILES string of the molecule is CSCCC(NC(=O)C(Cc1c[nH]c2ccccc12)NC(=O)C(N)CCC(=O)O)C(=O)NC(Cc1ccccc1)C(=O)O. The molecular formula is C30H37N5O7S. The Morgan fingerprint density at radius 1 is 0.814 bits per heavy atom. The fourth-order valence-electron chi connectivity index (χ4n) is 4.52. The molecule has 0 fully saturated rings. The second-order valence-electron chi connectivity index (χ2n) is 10.1. The number of H-pyrrole nitrogens is 1. The molecule has 1 heterocycles. The fourth-order valence-corrected chi connectivity index (χ4v) is 4.99. The van der Waals surface area contributed by atoms with Gasteiger partial charge in [-0.15, -0.1) is 0 Å². The summed E-state index contributed by atoms with van der Waals surface area (Å²) in [5.74, 6) is -3.87. The van der Waals surface area contributed by atoms with Crippen LogP contribution in [0.3, 0.4) is 0 Å². The second kappa shape index (κ2) is 16.3. The number of nitrogens with one attached hydrogen (secondary N) is 4. The van der Waals surface area contributed by atoms with Crippen molar-refractivity contribution in [1.82, 2.24) is 20.9 Å². The predicted octanol–water partition coefficient (Wildman–Crippen LogP) is 1.44. The number of aliphatic carboxylic acids is 2. The molecule has 0 saturated carbocycles. The zero-order chi connectivity index (χ0) is 31.4. The minimum absolute atomic E-state index is 0.0515. The lowest BCUT2D eigenvalue weighted by atomic mass is 10.0. The lowest BCUT2D eigenvalue weighted by molar-refractivity contribution is -0.142. The largest absolute Gasteiger partial charge is 0.481 e. The van der Waals surface area contributed by atoms with Crippen LogP contribution in [0.1, 0.15) is 30.4 Å². The summed E-state index contributed by atoms with van der Waals surface area (Å²) < 4.78 is 0. The smallest absolute Gasteiger partial charge is 0.326 e. The van der Waals surface area contributed by atoms with E-state index in [0.717, 1.165) is 22.0 Å². The number of carboxylic acid groups (broad SMARTS) is 2. The predicted molar refractivity (Wildman–Crippen MR) is 163 cm³/mol. The molecule has 3 aromatic rings. The highest BCUT2D eigenvalue weighted by atomic mass is 32.2. The van der Waals surface area contributed by atoms with Gasteiger partial charge in [0.05, 0.1) is 6.04 Å². The Labute approximate surface area is 253 Å². The minimum Gasteiger partial charge on any atom is -0.481 e. The highest BCUT2D eigenvalue weighted by molar-refractivity contribution is 7.98. The normalized spacial score (nSPS) is 13.8. The Bertz CT molecular complexity index is 1410. The van der Waals surface area contributed by atoms with Crippen LogP contribution in [0.25, 0.3) is 10.9 Å². The standard InChI is InChI=1S/C30H37N5O7S/c1-43-14-13-23(28(39)35-25(30(41)42)15-18-7-3-2-4-8-18)33-29(40)24(34-27(38)21(31)11-12-26(36)37)16-19-17-32-22-10-6-5-9-20(19)22/h2-10,17,21,23-25,32H,11-16,31H2,1H3,(H,33,40)(H,34,38)(H,35,39)(H,36,37)(H,41,42). The summed E-state index contributed by atoms with van der Waals surface area (Å²) in [5.41, 5.74) is 8.19. The van der Waals surface area contributed by atoms with Gasteiger partial charge in [0.25, 0.3) is 0 Å². The molecule has 12 nitrogen and oxygen atoms in total. The molecule has 0 spiro atoms. The van der Waals surface area contributed by atoms with Crippen molar-refractivity contribution < 1.29 is 34.2 Å². The Kier molecular flexibility index (Phi) is 12.6. The number of thioether (sulfide) groups is 1. The fraction of sp³-hybridized carbons (Fsp3) is 0.367. The Balaban J connectivity index is 1.80. The summed E-state index contributed by atoms with van der Waals surface area (Å²) in [6.45, 7) is 0. The van der Waals surface area contributed by atoms with Gasteiger partial charge >= 0.3 is 11.9 Å². The summed E-state index contributed by atoms with van der Waals surface area (Å²) in [4.78, 5) is 65.9. The third-order valence-corrected chi connectivity index (χ3v) is 7.52. The number of benzene rings is 2. The summed E-state index contributed by atoms with van der Waals surface area (Å²) >= 11 is 1.45. The third kappa shape index (κ3) is 10.1. The van der Waals surface area contributed by atoms with Crippen molar-refractivity contribution in [2.24, 2.45) is 5.73 Å². The number of carbonyl (C=O) groups is 5. The molecule has 1 aromatic heterocycles. The van der Waals surface area contributed by atoms with Gasteiger partial charge in [0, 0.05) is 36.4 Å². The summed E-state index contributed by atoms with van der Waals surface area (Å²) in [7, 11) is 0. The van der Waals surface area contributed by atoms with Gasteiger partial charge < -0.3 is 36.9 Å². The molecule has 0 aliphatic heterocycles. The number of hydrogen-bond donors (Lipinski definition) is 7. The molecule has 0 radical (unpaired) electrons. The molecule has 230 valence electrons. The first-order valence-corrected chi connectivity index (χ1v) is 15.2. The van der Waals surface area contributed by atoms with Gasteiger partial charge in [0.1, 0.15) is 18.1 Å². The zero-order valence-corrected chi connectivity index (χ0v) is 24.6. The van der Waals surface area contributed by atoms with Crippen molar-refractivity contribution in [2.45, 2.75) is 56.3 Å². The van der Waals surface area contributed by atoms with Crippen molar-refractivity contribution in [3.63, 3.8) is 0 Å². The topological polar surface area (TPSA) is 204 Å². The second-order valence-corrected chi connectivity index (χ2v) is 11.1. The van der Waals surface area contributed by atoms with Crippen molar-refractivity contribution in [1.29, 1.82) is 0 Å². The Hall–Kier alpha value is -4.36. The van der Waals surface area contributed by atoms with Gasteiger partial charge in [0.2, 0.25) is 17.7 Å². The van der Waals surface area contributed by atoms with Gasteiger partial charge in [-0.1, -0.05) is 48.5 Å². The van der Waals surface area contributed by atoms with E-state index in [1.807, 2.05) is 30.5 Å². The number of nitrogens with two attached hydrogens (primary N) is 1. The summed E-state index contributed by atoms with van der Waals surface area (Å²) in [6, 6.07) is 11.7. The van der Waals surface area contributed by atoms with E-state index >= 15 is 0 Å². The third-order valence-electron chi connectivity index (χ3n) is 6.88. The van der Waals surface area contributed by atoms with Gasteiger partial charge in [-0.05, 0) is 42.0 Å². The first-order valence-electron chi connectivity index (χ1n) is 13.8. The highest BCUT2D eigenvalue weighted by Crippen LogP contribution is 2.19. The summed E-state index contributed by atoms with van der Waals surface area (Å²) in [6.07, 6.45) is 3.43. The average Bonchev–Trinajstić information content (AvgIpc) is 3.40. The number of carboxylic acids is 2. The number of rotatable bonds is 17. The summed E-state index contributed by atoms with van der Waals surface area (Å²) in [5, 5.41) is 27.4. The number of amides is 3. The molecule has 43 heavy (non-hydrogen) atoms. The number of fused-ring (bicyclic) bond motifs is 1. The van der Waals surface area contributed by atoms with E-state index in [1.165, 1.54) is 11.8 Å². The van der Waals surface area contributed by atoms with Crippen LogP contribution in [0.4, 0.5) is 0 Å². The molecule has 3 rings (SSSR count). The average molecular weight is 612 g/mol. The molecule has 4 atom stereocenters. The van der Waals surface area contributed by atoms with Crippen LogP contribution in [0.2, 0.25) is 0 Å².